The maximum Gasteiger partial charge on any atom is 0.225 e. The summed E-state index contributed by atoms with van der Waals surface area (Å²) in [6.07, 6.45) is 6.86. The second kappa shape index (κ2) is 8.52. The third-order valence-electron chi connectivity index (χ3n) is 3.84. The predicted octanol–water partition coefficient (Wildman–Crippen LogP) is 2.80. The summed E-state index contributed by atoms with van der Waals surface area (Å²) in [5.74, 6) is 0.548. The highest BCUT2D eigenvalue weighted by Gasteiger charge is 2.23. The van der Waals surface area contributed by atoms with E-state index in [0.717, 1.165) is 45.3 Å². The SMILES string of the molecule is CCCCN(CC1CCCN1)C(=O)C(C)CCC. The van der Waals surface area contributed by atoms with Crippen LogP contribution >= 0.6 is 0 Å². The molecule has 1 rings (SSSR count). The molecule has 106 valence electrons. The predicted molar refractivity (Wildman–Crippen MR) is 76.6 cm³/mol. The average molecular weight is 254 g/mol. The molecule has 0 spiro atoms. The minimum Gasteiger partial charge on any atom is -0.341 e. The van der Waals surface area contributed by atoms with Gasteiger partial charge in [0.2, 0.25) is 5.91 Å². The molecule has 2 unspecified atom stereocenters. The molecule has 1 N–H and O–H groups in total. The molecule has 0 radical (unpaired) electrons. The van der Waals surface area contributed by atoms with Crippen LogP contribution in [0.1, 0.15) is 59.3 Å². The van der Waals surface area contributed by atoms with Crippen molar-refractivity contribution in [3.05, 3.63) is 0 Å². The van der Waals surface area contributed by atoms with Crippen LogP contribution in [0.15, 0.2) is 0 Å². The molecule has 0 bridgehead atoms. The molecule has 3 nitrogen and oxygen atoms in total. The minimum atomic E-state index is 0.188. The summed E-state index contributed by atoms with van der Waals surface area (Å²) < 4.78 is 0. The first-order chi connectivity index (χ1) is 8.69. The van der Waals surface area contributed by atoms with Gasteiger partial charge >= 0.3 is 0 Å². The van der Waals surface area contributed by atoms with Crippen LogP contribution in [0, 0.1) is 5.92 Å². The van der Waals surface area contributed by atoms with Crippen molar-refractivity contribution in [3.8, 4) is 0 Å². The van der Waals surface area contributed by atoms with Crippen molar-refractivity contribution in [3.63, 3.8) is 0 Å². The van der Waals surface area contributed by atoms with Gasteiger partial charge in [-0.25, -0.2) is 0 Å². The van der Waals surface area contributed by atoms with E-state index < -0.39 is 0 Å². The summed E-state index contributed by atoms with van der Waals surface area (Å²) in [6, 6.07) is 0.527. The molecule has 1 saturated heterocycles. The summed E-state index contributed by atoms with van der Waals surface area (Å²) in [5.41, 5.74) is 0. The van der Waals surface area contributed by atoms with Gasteiger partial charge < -0.3 is 10.2 Å². The second-order valence-electron chi connectivity index (χ2n) is 5.62. The largest absolute Gasteiger partial charge is 0.341 e. The van der Waals surface area contributed by atoms with Gasteiger partial charge in [0, 0.05) is 25.0 Å². The van der Waals surface area contributed by atoms with Crippen LogP contribution in [0.2, 0.25) is 0 Å². The van der Waals surface area contributed by atoms with E-state index in [1.165, 1.54) is 12.8 Å². The molecule has 1 amide bonds. The van der Waals surface area contributed by atoms with E-state index in [9.17, 15) is 4.79 Å². The topological polar surface area (TPSA) is 32.3 Å². The first-order valence-electron chi connectivity index (χ1n) is 7.71. The van der Waals surface area contributed by atoms with Crippen molar-refractivity contribution in [2.24, 2.45) is 5.92 Å². The fourth-order valence-electron chi connectivity index (χ4n) is 2.69. The highest BCUT2D eigenvalue weighted by molar-refractivity contribution is 5.78. The van der Waals surface area contributed by atoms with Crippen LogP contribution in [0.3, 0.4) is 0 Å². The van der Waals surface area contributed by atoms with Crippen molar-refractivity contribution < 1.29 is 4.79 Å². The van der Waals surface area contributed by atoms with Crippen LogP contribution in [-0.2, 0) is 4.79 Å². The molecule has 1 aliphatic rings. The standard InChI is InChI=1S/C15H30N2O/c1-4-6-11-17(12-14-9-7-10-16-14)15(18)13(3)8-5-2/h13-14,16H,4-12H2,1-3H3. The summed E-state index contributed by atoms with van der Waals surface area (Å²) >= 11 is 0. The van der Waals surface area contributed by atoms with Gasteiger partial charge in [-0.3, -0.25) is 4.79 Å². The van der Waals surface area contributed by atoms with Gasteiger partial charge in [0.1, 0.15) is 0 Å². The lowest BCUT2D eigenvalue weighted by atomic mass is 10.0. The highest BCUT2D eigenvalue weighted by Crippen LogP contribution is 2.14. The number of nitrogens with zero attached hydrogens (tertiary/aromatic N) is 1. The van der Waals surface area contributed by atoms with E-state index in [4.69, 9.17) is 0 Å². The van der Waals surface area contributed by atoms with Crippen molar-refractivity contribution >= 4 is 5.91 Å². The van der Waals surface area contributed by atoms with Gasteiger partial charge in [0.15, 0.2) is 0 Å². The summed E-state index contributed by atoms with van der Waals surface area (Å²) in [7, 11) is 0. The molecule has 1 aliphatic heterocycles. The lowest BCUT2D eigenvalue weighted by Gasteiger charge is -2.28. The van der Waals surface area contributed by atoms with E-state index in [-0.39, 0.29) is 5.92 Å². The molecule has 18 heavy (non-hydrogen) atoms. The zero-order valence-corrected chi connectivity index (χ0v) is 12.4. The number of rotatable bonds is 8. The molecule has 2 atom stereocenters. The molecule has 0 saturated carbocycles. The van der Waals surface area contributed by atoms with E-state index in [2.05, 4.69) is 31.0 Å². The number of nitrogens with one attached hydrogen (secondary N) is 1. The fourth-order valence-corrected chi connectivity index (χ4v) is 2.69. The highest BCUT2D eigenvalue weighted by atomic mass is 16.2. The van der Waals surface area contributed by atoms with Crippen LogP contribution in [-0.4, -0.2) is 36.5 Å². The van der Waals surface area contributed by atoms with Gasteiger partial charge in [-0.1, -0.05) is 33.6 Å². The summed E-state index contributed by atoms with van der Waals surface area (Å²) in [5, 5.41) is 3.50. The summed E-state index contributed by atoms with van der Waals surface area (Å²) in [6.45, 7) is 9.37. The Kier molecular flexibility index (Phi) is 7.33. The minimum absolute atomic E-state index is 0.188. The Morgan fingerprint density at radius 1 is 1.39 bits per heavy atom. The Balaban J connectivity index is 2.49. The Labute approximate surface area is 112 Å². The van der Waals surface area contributed by atoms with E-state index >= 15 is 0 Å². The van der Waals surface area contributed by atoms with Gasteiger partial charge in [0.05, 0.1) is 0 Å². The number of amides is 1. The van der Waals surface area contributed by atoms with E-state index in [0.29, 0.717) is 11.9 Å². The smallest absolute Gasteiger partial charge is 0.225 e. The first kappa shape index (κ1) is 15.5. The van der Waals surface area contributed by atoms with Crippen molar-refractivity contribution in [1.82, 2.24) is 10.2 Å². The van der Waals surface area contributed by atoms with Crippen LogP contribution in [0.5, 0.6) is 0 Å². The monoisotopic (exact) mass is 254 g/mol. The zero-order valence-electron chi connectivity index (χ0n) is 12.4. The lowest BCUT2D eigenvalue weighted by Crippen LogP contribution is -2.43. The fraction of sp³-hybridized carbons (Fsp3) is 0.933. The average Bonchev–Trinajstić information content (AvgIpc) is 2.86. The Morgan fingerprint density at radius 2 is 2.17 bits per heavy atom. The first-order valence-corrected chi connectivity index (χ1v) is 7.71. The maximum absolute atomic E-state index is 12.4. The molecule has 0 aromatic heterocycles. The van der Waals surface area contributed by atoms with Crippen molar-refractivity contribution in [1.29, 1.82) is 0 Å². The van der Waals surface area contributed by atoms with Crippen LogP contribution < -0.4 is 5.32 Å². The Hall–Kier alpha value is -0.570. The third-order valence-corrected chi connectivity index (χ3v) is 3.84. The number of hydrogen-bond acceptors (Lipinski definition) is 2. The van der Waals surface area contributed by atoms with Gasteiger partial charge in [-0.2, -0.15) is 0 Å². The quantitative estimate of drug-likeness (QED) is 0.722. The molecule has 1 heterocycles. The lowest BCUT2D eigenvalue weighted by molar-refractivity contribution is -0.135. The second-order valence-corrected chi connectivity index (χ2v) is 5.62. The molecule has 1 fully saturated rings. The zero-order chi connectivity index (χ0) is 13.4. The van der Waals surface area contributed by atoms with Crippen LogP contribution in [0.4, 0.5) is 0 Å². The maximum atomic E-state index is 12.4. The normalized spacial score (nSPS) is 20.9. The molecular formula is C15H30N2O. The third kappa shape index (κ3) is 4.97. The van der Waals surface area contributed by atoms with Gasteiger partial charge in [-0.05, 0) is 32.2 Å². The number of carbonyl (C=O) groups is 1. The van der Waals surface area contributed by atoms with E-state index in [1.54, 1.807) is 0 Å². The molecular weight excluding hydrogens is 224 g/mol. The number of unbranched alkanes of at least 4 members (excludes halogenated alkanes) is 1. The van der Waals surface area contributed by atoms with Crippen LogP contribution in [0.25, 0.3) is 0 Å². The Morgan fingerprint density at radius 3 is 2.72 bits per heavy atom. The van der Waals surface area contributed by atoms with Gasteiger partial charge in [-0.15, -0.1) is 0 Å². The molecule has 0 aromatic carbocycles. The van der Waals surface area contributed by atoms with E-state index in [1.807, 2.05) is 0 Å². The van der Waals surface area contributed by atoms with Crippen molar-refractivity contribution in [2.75, 3.05) is 19.6 Å². The summed E-state index contributed by atoms with van der Waals surface area (Å²) in [4.78, 5) is 14.5. The number of hydrogen-bond donors (Lipinski definition) is 1. The van der Waals surface area contributed by atoms with Crippen molar-refractivity contribution in [2.45, 2.75) is 65.3 Å². The number of carbonyl (C=O) groups excluding carboxylic acids is 1. The molecule has 0 aromatic rings. The Bertz CT molecular complexity index is 237. The van der Waals surface area contributed by atoms with Gasteiger partial charge in [0.25, 0.3) is 0 Å². The molecule has 3 heteroatoms. The molecule has 0 aliphatic carbocycles.